The first kappa shape index (κ1) is 19.2. The normalized spacial score (nSPS) is 10.5. The molecule has 6 heteroatoms. The second-order valence-corrected chi connectivity index (χ2v) is 6.15. The van der Waals surface area contributed by atoms with Crippen LogP contribution in [0, 0.1) is 11.3 Å². The Labute approximate surface area is 162 Å². The number of hydrogen-bond acceptors (Lipinski definition) is 6. The summed E-state index contributed by atoms with van der Waals surface area (Å²) in [7, 11) is 0. The predicted octanol–water partition coefficient (Wildman–Crippen LogP) is 3.87. The van der Waals surface area contributed by atoms with Crippen molar-refractivity contribution in [3.63, 3.8) is 0 Å². The van der Waals surface area contributed by atoms with Gasteiger partial charge < -0.3 is 14.1 Å². The quantitative estimate of drug-likeness (QED) is 0.480. The number of hydrogen-bond donors (Lipinski definition) is 0. The van der Waals surface area contributed by atoms with Crippen molar-refractivity contribution in [1.29, 1.82) is 5.26 Å². The molecule has 1 aromatic heterocycles. The Morgan fingerprint density at radius 3 is 2.50 bits per heavy atom. The van der Waals surface area contributed by atoms with Gasteiger partial charge in [-0.2, -0.15) is 5.26 Å². The zero-order valence-electron chi connectivity index (χ0n) is 15.8. The fraction of sp³-hybridized carbons (Fsp3) is 0.227. The van der Waals surface area contributed by atoms with E-state index in [9.17, 15) is 14.9 Å². The van der Waals surface area contributed by atoms with Gasteiger partial charge in [0.2, 0.25) is 0 Å². The van der Waals surface area contributed by atoms with E-state index < -0.39 is 11.6 Å². The average molecular weight is 376 g/mol. The van der Waals surface area contributed by atoms with Crippen LogP contribution in [0.4, 0.5) is 5.69 Å². The van der Waals surface area contributed by atoms with Gasteiger partial charge in [-0.05, 0) is 38.1 Å². The highest BCUT2D eigenvalue weighted by Gasteiger charge is 2.18. The highest BCUT2D eigenvalue weighted by atomic mass is 16.5. The number of benzene rings is 2. The molecule has 0 spiro atoms. The number of nitriles is 1. The first-order chi connectivity index (χ1) is 13.6. The van der Waals surface area contributed by atoms with Gasteiger partial charge in [0.25, 0.3) is 0 Å². The number of nitrogens with zero attached hydrogens (tertiary/aromatic N) is 2. The van der Waals surface area contributed by atoms with Gasteiger partial charge >= 0.3 is 11.6 Å². The van der Waals surface area contributed by atoms with E-state index >= 15 is 0 Å². The van der Waals surface area contributed by atoms with Gasteiger partial charge in [-0.3, -0.25) is 0 Å². The third-order valence-corrected chi connectivity index (χ3v) is 4.60. The molecule has 142 valence electrons. The maximum atomic E-state index is 12.3. The molecule has 0 fully saturated rings. The molecule has 2 aromatic carbocycles. The molecule has 3 aromatic rings. The van der Waals surface area contributed by atoms with Gasteiger partial charge in [0, 0.05) is 35.8 Å². The van der Waals surface area contributed by atoms with Gasteiger partial charge in [-0.1, -0.05) is 18.2 Å². The van der Waals surface area contributed by atoms with Crippen molar-refractivity contribution in [2.75, 3.05) is 18.0 Å². The maximum Gasteiger partial charge on any atom is 0.354 e. The summed E-state index contributed by atoms with van der Waals surface area (Å²) in [6.45, 7) is 5.51. The molecule has 0 aliphatic heterocycles. The van der Waals surface area contributed by atoms with Crippen LogP contribution in [0.5, 0.6) is 0 Å². The van der Waals surface area contributed by atoms with E-state index in [-0.39, 0.29) is 12.2 Å². The lowest BCUT2D eigenvalue weighted by Crippen LogP contribution is -2.21. The summed E-state index contributed by atoms with van der Waals surface area (Å²) in [5.41, 5.74) is 1.14. The van der Waals surface area contributed by atoms with Gasteiger partial charge in [-0.15, -0.1) is 0 Å². The Morgan fingerprint density at radius 1 is 1.14 bits per heavy atom. The lowest BCUT2D eigenvalue weighted by Gasteiger charge is -2.21. The van der Waals surface area contributed by atoms with Crippen LogP contribution in [0.25, 0.3) is 11.0 Å². The maximum absolute atomic E-state index is 12.3. The molecule has 0 aliphatic carbocycles. The molecule has 0 aliphatic rings. The summed E-state index contributed by atoms with van der Waals surface area (Å²) >= 11 is 0. The van der Waals surface area contributed by atoms with Crippen LogP contribution < -0.4 is 10.5 Å². The van der Waals surface area contributed by atoms with Crippen molar-refractivity contribution in [2.24, 2.45) is 0 Å². The van der Waals surface area contributed by atoms with E-state index in [2.05, 4.69) is 4.90 Å². The fourth-order valence-electron chi connectivity index (χ4n) is 3.10. The van der Waals surface area contributed by atoms with Crippen LogP contribution in [0.2, 0.25) is 0 Å². The average Bonchev–Trinajstić information content (AvgIpc) is 2.72. The first-order valence-corrected chi connectivity index (χ1v) is 9.06. The summed E-state index contributed by atoms with van der Waals surface area (Å²) in [4.78, 5) is 26.6. The number of ether oxygens (including phenoxy) is 1. The zero-order valence-corrected chi connectivity index (χ0v) is 15.8. The van der Waals surface area contributed by atoms with E-state index in [0.717, 1.165) is 18.8 Å². The van der Waals surface area contributed by atoms with E-state index in [0.29, 0.717) is 22.1 Å². The first-order valence-electron chi connectivity index (χ1n) is 9.06. The van der Waals surface area contributed by atoms with Crippen LogP contribution in [-0.4, -0.2) is 19.1 Å². The molecule has 0 bridgehead atoms. The number of fused-ring (bicyclic) bond motifs is 1. The number of esters is 1. The molecule has 0 unspecified atom stereocenters. The van der Waals surface area contributed by atoms with Crippen molar-refractivity contribution in [3.05, 3.63) is 75.6 Å². The molecular weight excluding hydrogens is 356 g/mol. The fourth-order valence-corrected chi connectivity index (χ4v) is 3.10. The Hall–Kier alpha value is -3.59. The van der Waals surface area contributed by atoms with E-state index in [4.69, 9.17) is 9.15 Å². The minimum Gasteiger partial charge on any atom is -0.457 e. The molecule has 1 heterocycles. The number of carbonyl (C=O) groups excluding carboxylic acids is 1. The second-order valence-electron chi connectivity index (χ2n) is 6.15. The Morgan fingerprint density at radius 2 is 1.86 bits per heavy atom. The summed E-state index contributed by atoms with van der Waals surface area (Å²) in [5.74, 6) is -0.523. The van der Waals surface area contributed by atoms with Gasteiger partial charge in [-0.25, -0.2) is 9.59 Å². The molecule has 6 nitrogen and oxygen atoms in total. The molecular formula is C22H20N2O4. The third-order valence-electron chi connectivity index (χ3n) is 4.60. The molecule has 28 heavy (non-hydrogen) atoms. The lowest BCUT2D eigenvalue weighted by atomic mass is 10.1. The number of carbonyl (C=O) groups is 1. The van der Waals surface area contributed by atoms with E-state index in [1.165, 1.54) is 0 Å². The minimum atomic E-state index is -0.738. The zero-order chi connectivity index (χ0) is 20.1. The summed E-state index contributed by atoms with van der Waals surface area (Å²) in [5, 5.41) is 9.98. The van der Waals surface area contributed by atoms with E-state index in [1.807, 2.05) is 26.0 Å². The van der Waals surface area contributed by atoms with Crippen LogP contribution in [0.15, 0.2) is 57.7 Å². The van der Waals surface area contributed by atoms with Crippen molar-refractivity contribution >= 4 is 22.6 Å². The number of rotatable bonds is 6. The molecule has 0 amide bonds. The molecule has 3 rings (SSSR count). The highest BCUT2D eigenvalue weighted by molar-refractivity contribution is 5.90. The Balaban J connectivity index is 2.01. The molecule has 0 N–H and O–H groups in total. The van der Waals surface area contributed by atoms with Crippen LogP contribution in [0.1, 0.15) is 35.3 Å². The van der Waals surface area contributed by atoms with Crippen molar-refractivity contribution in [1.82, 2.24) is 0 Å². The second kappa shape index (κ2) is 8.40. The van der Waals surface area contributed by atoms with Crippen LogP contribution in [-0.2, 0) is 11.3 Å². The van der Waals surface area contributed by atoms with Gasteiger partial charge in [0.1, 0.15) is 23.8 Å². The van der Waals surface area contributed by atoms with Crippen molar-refractivity contribution in [2.45, 2.75) is 20.5 Å². The summed E-state index contributed by atoms with van der Waals surface area (Å²) in [6, 6.07) is 15.9. The van der Waals surface area contributed by atoms with E-state index in [1.54, 1.807) is 42.5 Å². The summed E-state index contributed by atoms with van der Waals surface area (Å²) < 4.78 is 10.7. The summed E-state index contributed by atoms with van der Waals surface area (Å²) in [6.07, 6.45) is 0. The number of anilines is 1. The Bertz CT molecular complexity index is 1090. The highest BCUT2D eigenvalue weighted by Crippen LogP contribution is 2.26. The SMILES string of the molecule is CCN(CC)c1ccc2c(COC(=O)c3ccccc3)c(C#N)c(=O)oc2c1. The van der Waals surface area contributed by atoms with Crippen molar-refractivity contribution < 1.29 is 13.9 Å². The Kier molecular flexibility index (Phi) is 5.75. The molecule has 0 radical (unpaired) electrons. The largest absolute Gasteiger partial charge is 0.457 e. The lowest BCUT2D eigenvalue weighted by molar-refractivity contribution is 0.0473. The smallest absolute Gasteiger partial charge is 0.354 e. The topological polar surface area (TPSA) is 83.5 Å². The molecule has 0 atom stereocenters. The molecule has 0 saturated carbocycles. The third kappa shape index (κ3) is 3.74. The molecule has 0 saturated heterocycles. The van der Waals surface area contributed by atoms with Crippen molar-refractivity contribution in [3.8, 4) is 6.07 Å². The standard InChI is InChI=1S/C22H20N2O4/c1-3-24(4-2)16-10-11-17-19(18(13-23)22(26)28-20(17)12-16)14-27-21(25)15-8-6-5-7-9-15/h5-12H,3-4,14H2,1-2H3. The monoisotopic (exact) mass is 376 g/mol. The van der Waals surface area contributed by atoms with Gasteiger partial charge in [0.15, 0.2) is 0 Å². The predicted molar refractivity (Wildman–Crippen MR) is 106 cm³/mol. The van der Waals surface area contributed by atoms with Crippen LogP contribution in [0.3, 0.4) is 0 Å². The van der Waals surface area contributed by atoms with Gasteiger partial charge in [0.05, 0.1) is 5.56 Å². The minimum absolute atomic E-state index is 0.149. The van der Waals surface area contributed by atoms with Crippen LogP contribution >= 0.6 is 0 Å².